The molecule has 1 aromatic carbocycles. The van der Waals surface area contributed by atoms with Gasteiger partial charge in [-0.1, -0.05) is 53.2 Å². The van der Waals surface area contributed by atoms with Crippen LogP contribution in [0.5, 0.6) is 0 Å². The van der Waals surface area contributed by atoms with E-state index in [1.54, 1.807) is 0 Å². The summed E-state index contributed by atoms with van der Waals surface area (Å²) < 4.78 is 0. The van der Waals surface area contributed by atoms with Crippen molar-refractivity contribution in [2.45, 2.75) is 11.8 Å². The molecule has 12 heavy (non-hydrogen) atoms. The van der Waals surface area contributed by atoms with Gasteiger partial charge < -0.3 is 5.32 Å². The first-order chi connectivity index (χ1) is 5.84. The number of likely N-dealkylation sites (N-methyl/N-ethyl adjacent to an activating group) is 1. The summed E-state index contributed by atoms with van der Waals surface area (Å²) >= 11 is 3.62. The first kappa shape index (κ1) is 9.75. The zero-order valence-corrected chi connectivity index (χ0v) is 8.84. The Morgan fingerprint density at radius 3 is 2.58 bits per heavy atom. The average Bonchev–Trinajstić information content (AvgIpc) is 2.15. The zero-order chi connectivity index (χ0) is 8.81. The maximum absolute atomic E-state index is 3.62. The Balaban J connectivity index is 2.48. The van der Waals surface area contributed by atoms with Crippen LogP contribution in [0.25, 0.3) is 0 Å². The Morgan fingerprint density at radius 1 is 1.33 bits per heavy atom. The summed E-state index contributed by atoms with van der Waals surface area (Å²) in [7, 11) is 0. The maximum Gasteiger partial charge on any atom is 0.0519 e. The van der Waals surface area contributed by atoms with Crippen LogP contribution in [-0.4, -0.2) is 13.1 Å². The molecule has 1 atom stereocenters. The minimum atomic E-state index is 0.429. The molecule has 0 fully saturated rings. The fraction of sp³-hybridized carbons (Fsp3) is 0.400. The molecule has 66 valence electrons. The normalized spacial score (nSPS) is 12.8. The fourth-order valence-electron chi connectivity index (χ4n) is 1.05. The summed E-state index contributed by atoms with van der Waals surface area (Å²) in [5.41, 5.74) is 1.33. The number of benzene rings is 1. The predicted molar refractivity (Wildman–Crippen MR) is 56.7 cm³/mol. The van der Waals surface area contributed by atoms with E-state index >= 15 is 0 Å². The minimum absolute atomic E-state index is 0.429. The van der Waals surface area contributed by atoms with Crippen molar-refractivity contribution in [3.8, 4) is 0 Å². The van der Waals surface area contributed by atoms with Crippen LogP contribution in [0.15, 0.2) is 30.3 Å². The molecule has 0 aliphatic heterocycles. The van der Waals surface area contributed by atoms with E-state index in [2.05, 4.69) is 52.4 Å². The minimum Gasteiger partial charge on any atom is -0.316 e. The molecule has 0 bridgehead atoms. The standard InChI is InChI=1S/C10H14BrN/c1-2-12-8-10(11)9-6-4-3-5-7-9/h3-7,10,12H,2,8H2,1H3. The van der Waals surface area contributed by atoms with Gasteiger partial charge in [-0.3, -0.25) is 0 Å². The van der Waals surface area contributed by atoms with Gasteiger partial charge in [-0.2, -0.15) is 0 Å². The fourth-order valence-corrected chi connectivity index (χ4v) is 1.58. The molecule has 1 rings (SSSR count). The molecule has 0 radical (unpaired) electrons. The van der Waals surface area contributed by atoms with E-state index in [0.717, 1.165) is 13.1 Å². The summed E-state index contributed by atoms with van der Waals surface area (Å²) in [4.78, 5) is 0.429. The van der Waals surface area contributed by atoms with E-state index in [1.165, 1.54) is 5.56 Å². The van der Waals surface area contributed by atoms with Gasteiger partial charge in [0.05, 0.1) is 4.83 Å². The molecule has 0 saturated carbocycles. The van der Waals surface area contributed by atoms with Gasteiger partial charge in [0, 0.05) is 6.54 Å². The van der Waals surface area contributed by atoms with Crippen LogP contribution in [0.1, 0.15) is 17.3 Å². The number of alkyl halides is 1. The summed E-state index contributed by atoms with van der Waals surface area (Å²) in [5.74, 6) is 0. The lowest BCUT2D eigenvalue weighted by Gasteiger charge is -2.09. The molecule has 0 aliphatic carbocycles. The molecular formula is C10H14BrN. The first-order valence-electron chi connectivity index (χ1n) is 4.24. The zero-order valence-electron chi connectivity index (χ0n) is 7.26. The smallest absolute Gasteiger partial charge is 0.0519 e. The van der Waals surface area contributed by atoms with Gasteiger partial charge in [0.25, 0.3) is 0 Å². The van der Waals surface area contributed by atoms with E-state index in [4.69, 9.17) is 0 Å². The molecule has 0 amide bonds. The lowest BCUT2D eigenvalue weighted by molar-refractivity contribution is 0.713. The number of hydrogen-bond acceptors (Lipinski definition) is 1. The molecule has 0 spiro atoms. The number of rotatable bonds is 4. The first-order valence-corrected chi connectivity index (χ1v) is 5.16. The van der Waals surface area contributed by atoms with Crippen LogP contribution in [-0.2, 0) is 0 Å². The molecule has 1 aromatic rings. The Morgan fingerprint density at radius 2 is 2.00 bits per heavy atom. The average molecular weight is 228 g/mol. The summed E-state index contributed by atoms with van der Waals surface area (Å²) in [6, 6.07) is 10.4. The lowest BCUT2D eigenvalue weighted by atomic mass is 10.1. The number of hydrogen-bond donors (Lipinski definition) is 1. The Hall–Kier alpha value is -0.340. The van der Waals surface area contributed by atoms with Gasteiger partial charge in [-0.15, -0.1) is 0 Å². The third-order valence-electron chi connectivity index (χ3n) is 1.73. The highest BCUT2D eigenvalue weighted by atomic mass is 79.9. The van der Waals surface area contributed by atoms with Gasteiger partial charge in [0.2, 0.25) is 0 Å². The van der Waals surface area contributed by atoms with Crippen molar-refractivity contribution in [2.75, 3.05) is 13.1 Å². The van der Waals surface area contributed by atoms with Crippen molar-refractivity contribution < 1.29 is 0 Å². The van der Waals surface area contributed by atoms with Crippen molar-refractivity contribution in [3.05, 3.63) is 35.9 Å². The molecule has 2 heteroatoms. The second-order valence-electron chi connectivity index (χ2n) is 2.69. The van der Waals surface area contributed by atoms with Crippen LogP contribution in [0.4, 0.5) is 0 Å². The van der Waals surface area contributed by atoms with Crippen LogP contribution < -0.4 is 5.32 Å². The molecule has 0 heterocycles. The quantitative estimate of drug-likeness (QED) is 0.781. The predicted octanol–water partition coefficient (Wildman–Crippen LogP) is 2.73. The van der Waals surface area contributed by atoms with E-state index in [1.807, 2.05) is 6.07 Å². The highest BCUT2D eigenvalue weighted by molar-refractivity contribution is 9.09. The van der Waals surface area contributed by atoms with E-state index in [0.29, 0.717) is 4.83 Å². The van der Waals surface area contributed by atoms with Gasteiger partial charge in [-0.05, 0) is 12.1 Å². The molecule has 0 aromatic heterocycles. The third kappa shape index (κ3) is 2.95. The molecule has 1 nitrogen and oxygen atoms in total. The van der Waals surface area contributed by atoms with E-state index < -0.39 is 0 Å². The van der Waals surface area contributed by atoms with Gasteiger partial charge >= 0.3 is 0 Å². The van der Waals surface area contributed by atoms with Gasteiger partial charge in [0.1, 0.15) is 0 Å². The Labute approximate surface area is 82.3 Å². The summed E-state index contributed by atoms with van der Waals surface area (Å²) in [6.07, 6.45) is 0. The van der Waals surface area contributed by atoms with E-state index in [-0.39, 0.29) is 0 Å². The van der Waals surface area contributed by atoms with E-state index in [9.17, 15) is 0 Å². The Kier molecular flexibility index (Phi) is 4.33. The molecule has 0 saturated heterocycles. The highest BCUT2D eigenvalue weighted by Gasteiger charge is 2.03. The van der Waals surface area contributed by atoms with Crippen molar-refractivity contribution in [2.24, 2.45) is 0 Å². The van der Waals surface area contributed by atoms with Crippen LogP contribution >= 0.6 is 15.9 Å². The molecular weight excluding hydrogens is 214 g/mol. The maximum atomic E-state index is 3.62. The van der Waals surface area contributed by atoms with Crippen LogP contribution in [0.2, 0.25) is 0 Å². The monoisotopic (exact) mass is 227 g/mol. The number of halogens is 1. The van der Waals surface area contributed by atoms with Crippen molar-refractivity contribution in [3.63, 3.8) is 0 Å². The summed E-state index contributed by atoms with van der Waals surface area (Å²) in [5, 5.41) is 3.30. The third-order valence-corrected chi connectivity index (χ3v) is 2.59. The second-order valence-corrected chi connectivity index (χ2v) is 3.79. The number of nitrogens with one attached hydrogen (secondary N) is 1. The SMILES string of the molecule is CCNCC(Br)c1ccccc1. The van der Waals surface area contributed by atoms with Crippen LogP contribution in [0, 0.1) is 0 Å². The highest BCUT2D eigenvalue weighted by Crippen LogP contribution is 2.20. The summed E-state index contributed by atoms with van der Waals surface area (Å²) in [6.45, 7) is 4.13. The Bertz CT molecular complexity index is 210. The van der Waals surface area contributed by atoms with Crippen molar-refractivity contribution in [1.29, 1.82) is 0 Å². The van der Waals surface area contributed by atoms with Gasteiger partial charge in [-0.25, -0.2) is 0 Å². The lowest BCUT2D eigenvalue weighted by Crippen LogP contribution is -2.17. The van der Waals surface area contributed by atoms with Gasteiger partial charge in [0.15, 0.2) is 0 Å². The molecule has 1 unspecified atom stereocenters. The van der Waals surface area contributed by atoms with Crippen molar-refractivity contribution >= 4 is 15.9 Å². The molecule has 1 N–H and O–H groups in total. The topological polar surface area (TPSA) is 12.0 Å². The second kappa shape index (κ2) is 5.33. The van der Waals surface area contributed by atoms with Crippen LogP contribution in [0.3, 0.4) is 0 Å². The van der Waals surface area contributed by atoms with Crippen molar-refractivity contribution in [1.82, 2.24) is 5.32 Å². The molecule has 0 aliphatic rings. The largest absolute Gasteiger partial charge is 0.316 e.